The molecule has 1 saturated heterocycles. The Bertz CT molecular complexity index is 1330. The Balaban J connectivity index is 1.27. The van der Waals surface area contributed by atoms with Crippen molar-refractivity contribution in [1.82, 2.24) is 24.6 Å². The van der Waals surface area contributed by atoms with Gasteiger partial charge in [0, 0.05) is 13.0 Å². The molecule has 216 valence electrons. The molecule has 12 nitrogen and oxygen atoms in total. The molecule has 4 N–H and O–H groups in total. The minimum Gasteiger partial charge on any atom is -0.461 e. The van der Waals surface area contributed by atoms with E-state index in [1.165, 1.54) is 0 Å². The number of nitrogens with zero attached hydrogens (tertiary/aromatic N) is 4. The lowest BCUT2D eigenvalue weighted by Gasteiger charge is -2.33. The second-order valence-corrected chi connectivity index (χ2v) is 12.2. The maximum absolute atomic E-state index is 12.9. The second kappa shape index (κ2) is 11.8. The van der Waals surface area contributed by atoms with Crippen molar-refractivity contribution in [1.29, 1.82) is 0 Å². The van der Waals surface area contributed by atoms with Crippen LogP contribution in [0, 0.1) is 12.8 Å². The quantitative estimate of drug-likeness (QED) is 0.221. The fraction of sp³-hybridized carbons (Fsp3) is 0.556. The summed E-state index contributed by atoms with van der Waals surface area (Å²) in [5.41, 5.74) is 7.29. The molecular formula is C27H38N7O5P. The Hall–Kier alpha value is -3.05. The molecule has 2 fully saturated rings. The summed E-state index contributed by atoms with van der Waals surface area (Å²) >= 11 is 0. The van der Waals surface area contributed by atoms with Crippen LogP contribution in [-0.4, -0.2) is 56.9 Å². The van der Waals surface area contributed by atoms with Gasteiger partial charge in [-0.1, -0.05) is 24.6 Å². The maximum atomic E-state index is 12.9. The summed E-state index contributed by atoms with van der Waals surface area (Å²) in [6, 6.07) is 7.71. The van der Waals surface area contributed by atoms with Gasteiger partial charge in [0.1, 0.15) is 23.6 Å². The first-order chi connectivity index (χ1) is 19.1. The maximum Gasteiger partial charge on any atom is 0.326 e. The molecule has 4 atom stereocenters. The summed E-state index contributed by atoms with van der Waals surface area (Å²) in [6.45, 7) is 7.96. The number of carbonyl (C=O) groups is 1. The standard InChI is InChI=1S/C27H38N7O5P/c1-16-9-11-19(12-10-16)39-40(33-27(3,4)25(35)38-18-7-6-8-18)36-14-20-13-17(2)24(37-20)34-15-30-21-22(29-5)31-26(28)32-23(21)34/h9-12,15,17-18,20,24,33H,6-8,13-14H2,1-5H3,(H3,28,29,31,32). The van der Waals surface area contributed by atoms with Crippen molar-refractivity contribution in [2.75, 3.05) is 24.7 Å². The predicted molar refractivity (Wildman–Crippen MR) is 153 cm³/mol. The highest BCUT2D eigenvalue weighted by Crippen LogP contribution is 2.42. The van der Waals surface area contributed by atoms with Gasteiger partial charge in [-0.3, -0.25) is 9.36 Å². The number of anilines is 2. The van der Waals surface area contributed by atoms with Crippen molar-refractivity contribution in [2.24, 2.45) is 5.92 Å². The van der Waals surface area contributed by atoms with Crippen molar-refractivity contribution in [2.45, 2.75) is 77.4 Å². The molecule has 1 aliphatic heterocycles. The highest BCUT2D eigenvalue weighted by molar-refractivity contribution is 7.45. The summed E-state index contributed by atoms with van der Waals surface area (Å²) in [4.78, 5) is 26.0. The van der Waals surface area contributed by atoms with E-state index in [4.69, 9.17) is 24.3 Å². The van der Waals surface area contributed by atoms with Crippen LogP contribution in [0.25, 0.3) is 11.2 Å². The lowest BCUT2D eigenvalue weighted by Crippen LogP contribution is -2.48. The zero-order valence-electron chi connectivity index (χ0n) is 23.6. The molecule has 1 aliphatic carbocycles. The molecular weight excluding hydrogens is 533 g/mol. The van der Waals surface area contributed by atoms with Gasteiger partial charge in [0.05, 0.1) is 19.0 Å². The molecule has 13 heteroatoms. The minimum atomic E-state index is -1.70. The number of hydrogen-bond donors (Lipinski definition) is 3. The number of rotatable bonds is 11. The Labute approximate surface area is 235 Å². The number of nitrogen functional groups attached to an aromatic ring is 1. The van der Waals surface area contributed by atoms with Crippen LogP contribution in [0.3, 0.4) is 0 Å². The summed E-state index contributed by atoms with van der Waals surface area (Å²) < 4.78 is 26.4. The molecule has 1 saturated carbocycles. The number of carbonyl (C=O) groups excluding carboxylic acids is 1. The van der Waals surface area contributed by atoms with Crippen LogP contribution >= 0.6 is 8.53 Å². The predicted octanol–water partition coefficient (Wildman–Crippen LogP) is 4.47. The van der Waals surface area contributed by atoms with E-state index in [-0.39, 0.29) is 42.9 Å². The van der Waals surface area contributed by atoms with Crippen LogP contribution < -0.4 is 20.7 Å². The molecule has 3 heterocycles. The monoisotopic (exact) mass is 571 g/mol. The first-order valence-electron chi connectivity index (χ1n) is 13.6. The molecule has 4 unspecified atom stereocenters. The largest absolute Gasteiger partial charge is 0.461 e. The van der Waals surface area contributed by atoms with Gasteiger partial charge in [-0.05, 0) is 58.6 Å². The topological polar surface area (TPSA) is 148 Å². The van der Waals surface area contributed by atoms with E-state index in [0.717, 1.165) is 31.2 Å². The number of esters is 1. The molecule has 40 heavy (non-hydrogen) atoms. The number of aryl methyl sites for hydroxylation is 1. The molecule has 0 spiro atoms. The van der Waals surface area contributed by atoms with Crippen molar-refractivity contribution in [3.63, 3.8) is 0 Å². The first kappa shape index (κ1) is 28.5. The third-order valence-electron chi connectivity index (χ3n) is 7.20. The Morgan fingerprint density at radius 2 is 2.00 bits per heavy atom. The second-order valence-electron chi connectivity index (χ2n) is 11.0. The van der Waals surface area contributed by atoms with E-state index in [1.54, 1.807) is 27.2 Å². The molecule has 2 aliphatic rings. The van der Waals surface area contributed by atoms with Gasteiger partial charge >= 0.3 is 14.5 Å². The highest BCUT2D eigenvalue weighted by Gasteiger charge is 2.39. The number of fused-ring (bicyclic) bond motifs is 1. The summed E-state index contributed by atoms with van der Waals surface area (Å²) in [5.74, 6) is 1.21. The van der Waals surface area contributed by atoms with Gasteiger partial charge in [0.2, 0.25) is 5.95 Å². The average molecular weight is 572 g/mol. The molecule has 0 bridgehead atoms. The number of nitrogens with two attached hydrogens (primary N) is 1. The van der Waals surface area contributed by atoms with Crippen molar-refractivity contribution in [3.8, 4) is 5.75 Å². The summed E-state index contributed by atoms with van der Waals surface area (Å²) in [6.07, 6.45) is 4.85. The van der Waals surface area contributed by atoms with Crippen LogP contribution in [0.2, 0.25) is 0 Å². The van der Waals surface area contributed by atoms with Gasteiger partial charge < -0.3 is 29.6 Å². The Morgan fingerprint density at radius 3 is 2.67 bits per heavy atom. The summed E-state index contributed by atoms with van der Waals surface area (Å²) in [5, 5.41) is 6.28. The van der Waals surface area contributed by atoms with Crippen molar-refractivity contribution >= 4 is 37.4 Å². The van der Waals surface area contributed by atoms with E-state index in [9.17, 15) is 4.79 Å². The smallest absolute Gasteiger partial charge is 0.326 e. The van der Waals surface area contributed by atoms with E-state index >= 15 is 0 Å². The number of imidazole rings is 1. The molecule has 3 aromatic rings. The number of hydrogen-bond acceptors (Lipinski definition) is 11. The minimum absolute atomic E-state index is 0.00638. The fourth-order valence-electron chi connectivity index (χ4n) is 4.65. The van der Waals surface area contributed by atoms with E-state index in [1.807, 2.05) is 35.8 Å². The SMILES string of the molecule is CNc1nc(N)nc2c1ncn2C1OC(COP(NC(C)(C)C(=O)OC2CCC2)Oc2ccc(C)cc2)CC1C. The van der Waals surface area contributed by atoms with Crippen LogP contribution in [0.15, 0.2) is 30.6 Å². The van der Waals surface area contributed by atoms with E-state index in [2.05, 4.69) is 32.3 Å². The highest BCUT2D eigenvalue weighted by atomic mass is 31.2. The van der Waals surface area contributed by atoms with Crippen molar-refractivity contribution < 1.29 is 23.3 Å². The van der Waals surface area contributed by atoms with Gasteiger partial charge in [0.15, 0.2) is 17.0 Å². The fourth-order valence-corrected chi connectivity index (χ4v) is 5.97. The third-order valence-corrected chi connectivity index (χ3v) is 8.70. The van der Waals surface area contributed by atoms with Crippen LogP contribution in [0.1, 0.15) is 58.2 Å². The van der Waals surface area contributed by atoms with Crippen LogP contribution in [0.4, 0.5) is 11.8 Å². The zero-order chi connectivity index (χ0) is 28.4. The molecule has 2 aromatic heterocycles. The van der Waals surface area contributed by atoms with E-state index in [0.29, 0.717) is 22.7 Å². The number of aromatic nitrogens is 4. The Morgan fingerprint density at radius 1 is 1.25 bits per heavy atom. The summed E-state index contributed by atoms with van der Waals surface area (Å²) in [7, 11) is 0.0629. The van der Waals surface area contributed by atoms with Gasteiger partial charge in [0.25, 0.3) is 0 Å². The van der Waals surface area contributed by atoms with Crippen LogP contribution in [-0.2, 0) is 18.8 Å². The zero-order valence-corrected chi connectivity index (χ0v) is 24.5. The molecule has 0 radical (unpaired) electrons. The van der Waals surface area contributed by atoms with Gasteiger partial charge in [-0.15, -0.1) is 0 Å². The first-order valence-corrected chi connectivity index (χ1v) is 14.8. The van der Waals surface area contributed by atoms with Crippen LogP contribution in [0.5, 0.6) is 5.75 Å². The van der Waals surface area contributed by atoms with E-state index < -0.39 is 14.1 Å². The number of benzene rings is 1. The molecule has 1 aromatic carbocycles. The average Bonchev–Trinajstić information content (AvgIpc) is 3.47. The number of nitrogens with one attached hydrogen (secondary N) is 2. The third kappa shape index (κ3) is 6.30. The number of ether oxygens (including phenoxy) is 2. The van der Waals surface area contributed by atoms with Crippen molar-refractivity contribution in [3.05, 3.63) is 36.2 Å². The normalized spacial score (nSPS) is 22.2. The molecule has 5 rings (SSSR count). The van der Waals surface area contributed by atoms with Gasteiger partial charge in [-0.25, -0.2) is 10.1 Å². The lowest BCUT2D eigenvalue weighted by molar-refractivity contribution is -0.159. The van der Waals surface area contributed by atoms with Gasteiger partial charge in [-0.2, -0.15) is 9.97 Å². The lowest BCUT2D eigenvalue weighted by atomic mass is 9.96. The Kier molecular flexibility index (Phi) is 8.42. The molecule has 0 amide bonds.